The van der Waals surface area contributed by atoms with E-state index in [-0.39, 0.29) is 11.8 Å². The monoisotopic (exact) mass is 337 g/mol. The van der Waals surface area contributed by atoms with Gasteiger partial charge in [-0.2, -0.15) is 0 Å². The van der Waals surface area contributed by atoms with Gasteiger partial charge in [-0.1, -0.05) is 18.2 Å². The van der Waals surface area contributed by atoms with Crippen molar-refractivity contribution < 1.29 is 9.59 Å². The zero-order chi connectivity index (χ0) is 17.6. The lowest BCUT2D eigenvalue weighted by atomic mass is 9.99. The molecule has 3 rings (SSSR count). The Morgan fingerprint density at radius 2 is 1.92 bits per heavy atom. The van der Waals surface area contributed by atoms with Gasteiger partial charge < -0.3 is 10.2 Å². The third-order valence-electron chi connectivity index (χ3n) is 4.60. The van der Waals surface area contributed by atoms with Crippen molar-refractivity contribution in [3.63, 3.8) is 0 Å². The van der Waals surface area contributed by atoms with E-state index in [0.29, 0.717) is 18.5 Å². The molecule has 0 aliphatic carbocycles. The van der Waals surface area contributed by atoms with Crippen LogP contribution in [0.3, 0.4) is 0 Å². The van der Waals surface area contributed by atoms with E-state index in [9.17, 15) is 9.59 Å². The van der Waals surface area contributed by atoms with Gasteiger partial charge in [-0.05, 0) is 43.5 Å². The lowest BCUT2D eigenvalue weighted by molar-refractivity contribution is -0.129. The van der Waals surface area contributed by atoms with E-state index in [4.69, 9.17) is 0 Å². The summed E-state index contributed by atoms with van der Waals surface area (Å²) in [4.78, 5) is 30.8. The van der Waals surface area contributed by atoms with Crippen molar-refractivity contribution in [2.45, 2.75) is 26.2 Å². The molecule has 1 aliphatic rings. The highest BCUT2D eigenvalue weighted by molar-refractivity contribution is 5.97. The minimum atomic E-state index is -0.149. The van der Waals surface area contributed by atoms with Gasteiger partial charge in [0.1, 0.15) is 0 Å². The quantitative estimate of drug-likeness (QED) is 0.912. The number of likely N-dealkylation sites (tertiary alicyclic amines) is 1. The molecule has 2 heterocycles. The second kappa shape index (κ2) is 7.92. The molecule has 1 N–H and O–H groups in total. The van der Waals surface area contributed by atoms with Crippen LogP contribution in [0.4, 0.5) is 0 Å². The number of hydrogen-bond acceptors (Lipinski definition) is 3. The van der Waals surface area contributed by atoms with Gasteiger partial charge in [-0.25, -0.2) is 0 Å². The van der Waals surface area contributed by atoms with Crippen LogP contribution in [-0.4, -0.2) is 41.3 Å². The third kappa shape index (κ3) is 4.05. The molecule has 0 spiro atoms. The molecule has 0 atom stereocenters. The summed E-state index contributed by atoms with van der Waals surface area (Å²) >= 11 is 0. The van der Waals surface area contributed by atoms with Crippen molar-refractivity contribution >= 4 is 11.8 Å². The van der Waals surface area contributed by atoms with Crippen LogP contribution in [0.15, 0.2) is 42.6 Å². The molecular formula is C20H23N3O2. The molecule has 2 amide bonds. The summed E-state index contributed by atoms with van der Waals surface area (Å²) in [7, 11) is 0. The molecule has 1 aromatic heterocycles. The van der Waals surface area contributed by atoms with Gasteiger partial charge >= 0.3 is 0 Å². The predicted molar refractivity (Wildman–Crippen MR) is 97.2 cm³/mol. The van der Waals surface area contributed by atoms with Crippen LogP contribution in [0.5, 0.6) is 0 Å². The van der Waals surface area contributed by atoms with Crippen molar-refractivity contribution in [2.24, 2.45) is 0 Å². The fraction of sp³-hybridized carbons (Fsp3) is 0.350. The minimum Gasteiger partial charge on any atom is -0.352 e. The van der Waals surface area contributed by atoms with Gasteiger partial charge in [0.2, 0.25) is 5.91 Å². The molecule has 5 heteroatoms. The van der Waals surface area contributed by atoms with Crippen LogP contribution in [0.25, 0.3) is 11.3 Å². The minimum absolute atomic E-state index is 0.122. The first-order chi connectivity index (χ1) is 12.2. The summed E-state index contributed by atoms with van der Waals surface area (Å²) < 4.78 is 0. The number of benzene rings is 1. The highest BCUT2D eigenvalue weighted by Gasteiger charge is 2.18. The molecule has 0 bridgehead atoms. The standard InChI is InChI=1S/C20H23N3O2/c1-15-16(18-9-2-3-11-21-18)7-6-8-17(15)20(25)22-12-10-19(24)23-13-4-5-14-23/h2-3,6-9,11H,4-5,10,12-14H2,1H3,(H,22,25). The van der Waals surface area contributed by atoms with E-state index < -0.39 is 0 Å². The normalized spacial score (nSPS) is 13.7. The van der Waals surface area contributed by atoms with Crippen LogP contribution >= 0.6 is 0 Å². The Labute approximate surface area is 148 Å². The van der Waals surface area contributed by atoms with Crippen LogP contribution in [-0.2, 0) is 4.79 Å². The van der Waals surface area contributed by atoms with Crippen molar-refractivity contribution in [1.29, 1.82) is 0 Å². The predicted octanol–water partition coefficient (Wildman–Crippen LogP) is 2.80. The number of amides is 2. The van der Waals surface area contributed by atoms with Crippen LogP contribution in [0, 0.1) is 6.92 Å². The molecule has 1 aliphatic heterocycles. The summed E-state index contributed by atoms with van der Waals surface area (Å²) in [6.07, 6.45) is 4.26. The molecule has 5 nitrogen and oxygen atoms in total. The smallest absolute Gasteiger partial charge is 0.251 e. The first kappa shape index (κ1) is 17.1. The molecule has 0 saturated carbocycles. The van der Waals surface area contributed by atoms with Crippen LogP contribution in [0.1, 0.15) is 35.2 Å². The number of carbonyl (C=O) groups is 2. The Hall–Kier alpha value is -2.69. The summed E-state index contributed by atoms with van der Waals surface area (Å²) in [5, 5.41) is 2.87. The number of nitrogens with zero attached hydrogens (tertiary/aromatic N) is 2. The van der Waals surface area contributed by atoms with Crippen LogP contribution < -0.4 is 5.32 Å². The molecule has 0 radical (unpaired) electrons. The van der Waals surface area contributed by atoms with E-state index in [1.165, 1.54) is 0 Å². The lowest BCUT2D eigenvalue weighted by Crippen LogP contribution is -2.32. The Balaban J connectivity index is 1.63. The van der Waals surface area contributed by atoms with Crippen LogP contribution in [0.2, 0.25) is 0 Å². The Bertz CT molecular complexity index is 753. The Morgan fingerprint density at radius 3 is 2.64 bits per heavy atom. The highest BCUT2D eigenvalue weighted by atomic mass is 16.2. The fourth-order valence-electron chi connectivity index (χ4n) is 3.18. The maximum absolute atomic E-state index is 12.5. The average molecular weight is 337 g/mol. The first-order valence-corrected chi connectivity index (χ1v) is 8.74. The largest absolute Gasteiger partial charge is 0.352 e. The lowest BCUT2D eigenvalue weighted by Gasteiger charge is -2.15. The number of pyridine rings is 1. The molecular weight excluding hydrogens is 314 g/mol. The average Bonchev–Trinajstić information content (AvgIpc) is 3.17. The van der Waals surface area contributed by atoms with Gasteiger partial charge in [0.05, 0.1) is 5.69 Å². The maximum atomic E-state index is 12.5. The second-order valence-corrected chi connectivity index (χ2v) is 6.29. The second-order valence-electron chi connectivity index (χ2n) is 6.29. The van der Waals surface area contributed by atoms with Gasteiger partial charge in [0.25, 0.3) is 5.91 Å². The van der Waals surface area contributed by atoms with E-state index in [0.717, 1.165) is 42.8 Å². The van der Waals surface area contributed by atoms with Crippen molar-refractivity contribution in [1.82, 2.24) is 15.2 Å². The number of nitrogens with one attached hydrogen (secondary N) is 1. The SMILES string of the molecule is Cc1c(C(=O)NCCC(=O)N2CCCC2)cccc1-c1ccccn1. The van der Waals surface area contributed by atoms with Crippen molar-refractivity contribution in [3.05, 3.63) is 53.7 Å². The van der Waals surface area contributed by atoms with Gasteiger partial charge in [0, 0.05) is 43.4 Å². The number of rotatable bonds is 5. The molecule has 1 fully saturated rings. The fourth-order valence-corrected chi connectivity index (χ4v) is 3.18. The first-order valence-electron chi connectivity index (χ1n) is 8.74. The zero-order valence-electron chi connectivity index (χ0n) is 14.5. The summed E-state index contributed by atoms with van der Waals surface area (Å²) in [6, 6.07) is 11.4. The summed E-state index contributed by atoms with van der Waals surface area (Å²) in [5.41, 5.74) is 3.31. The maximum Gasteiger partial charge on any atom is 0.251 e. The molecule has 2 aromatic rings. The van der Waals surface area contributed by atoms with Crippen molar-refractivity contribution in [2.75, 3.05) is 19.6 Å². The zero-order valence-corrected chi connectivity index (χ0v) is 14.5. The van der Waals surface area contributed by atoms with E-state index in [1.54, 1.807) is 12.3 Å². The Morgan fingerprint density at radius 1 is 1.12 bits per heavy atom. The number of hydrogen-bond donors (Lipinski definition) is 1. The Kier molecular flexibility index (Phi) is 5.43. The molecule has 1 saturated heterocycles. The van der Waals surface area contributed by atoms with E-state index in [2.05, 4.69) is 10.3 Å². The van der Waals surface area contributed by atoms with E-state index in [1.807, 2.05) is 42.2 Å². The molecule has 25 heavy (non-hydrogen) atoms. The van der Waals surface area contributed by atoms with Gasteiger partial charge in [0.15, 0.2) is 0 Å². The topological polar surface area (TPSA) is 62.3 Å². The summed E-state index contributed by atoms with van der Waals surface area (Å²) in [6.45, 7) is 3.98. The van der Waals surface area contributed by atoms with Gasteiger partial charge in [-0.3, -0.25) is 14.6 Å². The number of carbonyl (C=O) groups excluding carboxylic acids is 2. The summed E-state index contributed by atoms with van der Waals surface area (Å²) in [5.74, 6) is -0.0266. The number of aromatic nitrogens is 1. The molecule has 0 unspecified atom stereocenters. The highest BCUT2D eigenvalue weighted by Crippen LogP contribution is 2.23. The molecule has 1 aromatic carbocycles. The third-order valence-corrected chi connectivity index (χ3v) is 4.60. The van der Waals surface area contributed by atoms with E-state index >= 15 is 0 Å². The van der Waals surface area contributed by atoms with Crippen molar-refractivity contribution in [3.8, 4) is 11.3 Å². The molecule has 130 valence electrons. The van der Waals surface area contributed by atoms with Gasteiger partial charge in [-0.15, -0.1) is 0 Å².